The molecular formula is C7H13NO3. The average Bonchev–Trinajstić information content (AvgIpc) is 1.85. The molecule has 0 aliphatic rings. The van der Waals surface area contributed by atoms with Gasteiger partial charge in [0.05, 0.1) is 0 Å². The summed E-state index contributed by atoms with van der Waals surface area (Å²) in [6.07, 6.45) is 0.259. The van der Waals surface area contributed by atoms with E-state index in [1.807, 2.05) is 0 Å². The molecule has 0 spiro atoms. The van der Waals surface area contributed by atoms with E-state index in [1.54, 1.807) is 21.0 Å². The first-order chi connectivity index (χ1) is 5.00. The molecular weight excluding hydrogens is 146 g/mol. The van der Waals surface area contributed by atoms with E-state index in [9.17, 15) is 9.59 Å². The lowest BCUT2D eigenvalue weighted by molar-refractivity contribution is -0.146. The molecule has 0 aliphatic heterocycles. The molecule has 0 saturated carbocycles. The number of carbonyl (C=O) groups excluding carboxylic acids is 1. The molecule has 4 heteroatoms. The van der Waals surface area contributed by atoms with Crippen molar-refractivity contribution >= 4 is 11.8 Å². The van der Waals surface area contributed by atoms with Crippen molar-refractivity contribution in [2.75, 3.05) is 14.1 Å². The quantitative estimate of drug-likeness (QED) is 0.586. The van der Waals surface area contributed by atoms with Gasteiger partial charge in [-0.2, -0.15) is 0 Å². The summed E-state index contributed by atoms with van der Waals surface area (Å²) in [5.41, 5.74) is 0. The summed E-state index contributed by atoms with van der Waals surface area (Å²) in [6.45, 7) is 1.65. The molecule has 4 nitrogen and oxygen atoms in total. The Hall–Kier alpha value is -0.900. The van der Waals surface area contributed by atoms with Crippen LogP contribution >= 0.6 is 0 Å². The van der Waals surface area contributed by atoms with Gasteiger partial charge in [-0.3, -0.25) is 14.5 Å². The van der Waals surface area contributed by atoms with Crippen molar-refractivity contribution < 1.29 is 14.7 Å². The van der Waals surface area contributed by atoms with Gasteiger partial charge in [-0.1, -0.05) is 6.92 Å². The van der Waals surface area contributed by atoms with Crippen LogP contribution in [0.3, 0.4) is 0 Å². The van der Waals surface area contributed by atoms with E-state index in [1.165, 1.54) is 4.90 Å². The van der Waals surface area contributed by atoms with Crippen molar-refractivity contribution in [2.24, 2.45) is 0 Å². The van der Waals surface area contributed by atoms with Crippen molar-refractivity contribution in [3.05, 3.63) is 0 Å². The molecule has 1 atom stereocenters. The summed E-state index contributed by atoms with van der Waals surface area (Å²) < 4.78 is 0. The third-order valence-electron chi connectivity index (χ3n) is 1.40. The molecule has 0 heterocycles. The molecule has 11 heavy (non-hydrogen) atoms. The van der Waals surface area contributed by atoms with Crippen molar-refractivity contribution in [1.82, 2.24) is 4.90 Å². The van der Waals surface area contributed by atoms with E-state index in [2.05, 4.69) is 0 Å². The van der Waals surface area contributed by atoms with Crippen LogP contribution in [0, 0.1) is 0 Å². The highest BCUT2D eigenvalue weighted by atomic mass is 16.4. The smallest absolute Gasteiger partial charge is 0.328 e. The van der Waals surface area contributed by atoms with Crippen LogP contribution in [0.15, 0.2) is 0 Å². The van der Waals surface area contributed by atoms with Gasteiger partial charge in [-0.25, -0.2) is 0 Å². The fourth-order valence-electron chi connectivity index (χ4n) is 0.840. The first kappa shape index (κ1) is 10.1. The Morgan fingerprint density at radius 1 is 1.45 bits per heavy atom. The van der Waals surface area contributed by atoms with Gasteiger partial charge in [-0.05, 0) is 14.1 Å². The summed E-state index contributed by atoms with van der Waals surface area (Å²) in [6, 6.07) is -0.986. The topological polar surface area (TPSA) is 57.6 Å². The molecule has 0 amide bonds. The molecule has 0 aromatic heterocycles. The molecule has 0 aliphatic carbocycles. The van der Waals surface area contributed by atoms with Crippen molar-refractivity contribution in [2.45, 2.75) is 19.4 Å². The zero-order valence-corrected chi connectivity index (χ0v) is 7.00. The second kappa shape index (κ2) is 4.08. The largest absolute Gasteiger partial charge is 0.480 e. The summed E-state index contributed by atoms with van der Waals surface area (Å²) in [5.74, 6) is -1.34. The van der Waals surface area contributed by atoms with Gasteiger partial charge in [0.2, 0.25) is 0 Å². The number of carbonyl (C=O) groups is 2. The van der Waals surface area contributed by atoms with E-state index in [0.717, 1.165) is 0 Å². The molecule has 0 aromatic rings. The lowest BCUT2D eigenvalue weighted by Gasteiger charge is -2.17. The Morgan fingerprint density at radius 3 is 2.00 bits per heavy atom. The number of ketones is 1. The summed E-state index contributed by atoms with van der Waals surface area (Å²) >= 11 is 0. The first-order valence-electron chi connectivity index (χ1n) is 3.42. The van der Waals surface area contributed by atoms with Crippen molar-refractivity contribution in [1.29, 1.82) is 0 Å². The maximum atomic E-state index is 11.0. The fourth-order valence-corrected chi connectivity index (χ4v) is 0.840. The maximum Gasteiger partial charge on any atom is 0.328 e. The van der Waals surface area contributed by atoms with Crippen molar-refractivity contribution in [3.8, 4) is 0 Å². The third-order valence-corrected chi connectivity index (χ3v) is 1.40. The standard InChI is InChI=1S/C7H13NO3/c1-4-5(9)6(7(10)11)8(2)3/h6H,4H2,1-3H3,(H,10,11). The number of likely N-dealkylation sites (N-methyl/N-ethyl adjacent to an activating group) is 1. The minimum atomic E-state index is -1.08. The Bertz CT molecular complexity index is 165. The van der Waals surface area contributed by atoms with E-state index < -0.39 is 12.0 Å². The molecule has 1 N–H and O–H groups in total. The van der Waals surface area contributed by atoms with Crippen LogP contribution in [0.2, 0.25) is 0 Å². The third kappa shape index (κ3) is 2.67. The zero-order valence-electron chi connectivity index (χ0n) is 7.00. The van der Waals surface area contributed by atoms with E-state index in [4.69, 9.17) is 5.11 Å². The number of hydrogen-bond acceptors (Lipinski definition) is 3. The number of carboxylic acid groups (broad SMARTS) is 1. The molecule has 0 rings (SSSR count). The predicted molar refractivity (Wildman–Crippen MR) is 40.4 cm³/mol. The SMILES string of the molecule is CCC(=O)C(C(=O)O)N(C)C. The monoisotopic (exact) mass is 159 g/mol. The van der Waals surface area contributed by atoms with Crippen LogP contribution in [-0.2, 0) is 9.59 Å². The van der Waals surface area contributed by atoms with Gasteiger partial charge >= 0.3 is 5.97 Å². The van der Waals surface area contributed by atoms with Crippen LogP contribution in [0.5, 0.6) is 0 Å². The number of rotatable bonds is 4. The number of Topliss-reactive ketones (excluding diaryl/α,β-unsaturated/α-hetero) is 1. The highest BCUT2D eigenvalue weighted by Gasteiger charge is 2.26. The fraction of sp³-hybridized carbons (Fsp3) is 0.714. The molecule has 0 bridgehead atoms. The number of nitrogens with zero attached hydrogens (tertiary/aromatic N) is 1. The minimum Gasteiger partial charge on any atom is -0.480 e. The van der Waals surface area contributed by atoms with Gasteiger partial charge < -0.3 is 5.11 Å². The average molecular weight is 159 g/mol. The van der Waals surface area contributed by atoms with Gasteiger partial charge in [0.15, 0.2) is 11.8 Å². The highest BCUT2D eigenvalue weighted by molar-refractivity contribution is 6.02. The normalized spacial score (nSPS) is 13.1. The molecule has 0 fully saturated rings. The second-order valence-corrected chi connectivity index (χ2v) is 2.52. The molecule has 1 unspecified atom stereocenters. The van der Waals surface area contributed by atoms with Gasteiger partial charge in [-0.15, -0.1) is 0 Å². The number of carboxylic acids is 1. The van der Waals surface area contributed by atoms with Crippen LogP contribution in [0.1, 0.15) is 13.3 Å². The first-order valence-corrected chi connectivity index (χ1v) is 3.42. The lowest BCUT2D eigenvalue weighted by Crippen LogP contribution is -2.42. The van der Waals surface area contributed by atoms with E-state index >= 15 is 0 Å². The summed E-state index contributed by atoms with van der Waals surface area (Å²) in [4.78, 5) is 22.8. The summed E-state index contributed by atoms with van der Waals surface area (Å²) in [5, 5.41) is 8.58. The van der Waals surface area contributed by atoms with Crippen molar-refractivity contribution in [3.63, 3.8) is 0 Å². The summed E-state index contributed by atoms with van der Waals surface area (Å²) in [7, 11) is 3.15. The predicted octanol–water partition coefficient (Wildman–Crippen LogP) is -0.0197. The zero-order chi connectivity index (χ0) is 9.02. The molecule has 0 radical (unpaired) electrons. The Kier molecular flexibility index (Phi) is 3.74. The highest BCUT2D eigenvalue weighted by Crippen LogP contribution is 1.98. The van der Waals surface area contributed by atoms with Crippen LogP contribution in [-0.4, -0.2) is 41.9 Å². The minimum absolute atomic E-state index is 0.259. The van der Waals surface area contributed by atoms with Crippen LogP contribution < -0.4 is 0 Å². The maximum absolute atomic E-state index is 11.0. The van der Waals surface area contributed by atoms with Gasteiger partial charge in [0, 0.05) is 6.42 Å². The van der Waals surface area contributed by atoms with Crippen LogP contribution in [0.4, 0.5) is 0 Å². The molecule has 64 valence electrons. The number of aliphatic carboxylic acids is 1. The molecule has 0 aromatic carbocycles. The Labute approximate surface area is 65.8 Å². The number of hydrogen-bond donors (Lipinski definition) is 1. The van der Waals surface area contributed by atoms with E-state index in [0.29, 0.717) is 0 Å². The van der Waals surface area contributed by atoms with Crippen LogP contribution in [0.25, 0.3) is 0 Å². The second-order valence-electron chi connectivity index (χ2n) is 2.52. The van der Waals surface area contributed by atoms with Gasteiger partial charge in [0.1, 0.15) is 0 Å². The lowest BCUT2D eigenvalue weighted by atomic mass is 10.1. The Morgan fingerprint density at radius 2 is 1.91 bits per heavy atom. The van der Waals surface area contributed by atoms with E-state index in [-0.39, 0.29) is 12.2 Å². The molecule has 0 saturated heterocycles. The van der Waals surface area contributed by atoms with Gasteiger partial charge in [0.25, 0.3) is 0 Å². The Balaban J connectivity index is 4.34.